The van der Waals surface area contributed by atoms with E-state index in [-0.39, 0.29) is 5.41 Å². The third-order valence-electron chi connectivity index (χ3n) is 3.94. The van der Waals surface area contributed by atoms with Crippen LogP contribution in [-0.2, 0) is 0 Å². The Kier molecular flexibility index (Phi) is 3.66. The predicted octanol–water partition coefficient (Wildman–Crippen LogP) is 1.98. The molecule has 0 bridgehead atoms. The second-order valence-electron chi connectivity index (χ2n) is 6.38. The molecule has 92 valence electrons. The summed E-state index contributed by atoms with van der Waals surface area (Å²) in [6.07, 6.45) is 2.23. The van der Waals surface area contributed by atoms with Crippen LogP contribution in [0.25, 0.3) is 0 Å². The summed E-state index contributed by atoms with van der Waals surface area (Å²) in [6, 6.07) is 2.73. The third-order valence-corrected chi connectivity index (χ3v) is 3.94. The van der Waals surface area contributed by atoms with Gasteiger partial charge in [0.2, 0.25) is 0 Å². The van der Waals surface area contributed by atoms with Crippen molar-refractivity contribution in [2.75, 3.05) is 13.6 Å². The number of nitrogens with zero attached hydrogens (tertiary/aromatic N) is 2. The number of nitriles is 1. The van der Waals surface area contributed by atoms with Crippen molar-refractivity contribution >= 4 is 0 Å². The second-order valence-corrected chi connectivity index (χ2v) is 6.38. The Hall–Kier alpha value is -0.590. The smallest absolute Gasteiger partial charge is 0.119 e. The lowest BCUT2D eigenvalue weighted by molar-refractivity contribution is 0.120. The minimum atomic E-state index is -0.645. The molecule has 0 heterocycles. The molecule has 2 atom stereocenters. The Labute approximate surface area is 99.6 Å². The van der Waals surface area contributed by atoms with Crippen LogP contribution < -0.4 is 5.73 Å². The number of nitrogens with two attached hydrogens (primary N) is 1. The zero-order chi connectivity index (χ0) is 12.6. The van der Waals surface area contributed by atoms with Crippen molar-refractivity contribution in [3.8, 4) is 6.07 Å². The molecule has 1 saturated carbocycles. The SMILES string of the molecule is CC(N(C)CC(N)(C#N)C1CC1)C(C)(C)C. The molecule has 16 heavy (non-hydrogen) atoms. The van der Waals surface area contributed by atoms with Crippen molar-refractivity contribution in [1.29, 1.82) is 5.26 Å². The van der Waals surface area contributed by atoms with E-state index in [4.69, 9.17) is 5.73 Å². The van der Waals surface area contributed by atoms with Crippen molar-refractivity contribution in [3.63, 3.8) is 0 Å². The topological polar surface area (TPSA) is 53.0 Å². The van der Waals surface area contributed by atoms with Crippen molar-refractivity contribution in [2.45, 2.75) is 52.1 Å². The number of hydrogen-bond donors (Lipinski definition) is 1. The molecule has 0 aliphatic heterocycles. The first-order valence-corrected chi connectivity index (χ1v) is 6.11. The maximum Gasteiger partial charge on any atom is 0.119 e. The molecule has 0 radical (unpaired) electrons. The van der Waals surface area contributed by atoms with Gasteiger partial charge in [-0.05, 0) is 38.1 Å². The van der Waals surface area contributed by atoms with E-state index in [1.807, 2.05) is 0 Å². The maximum absolute atomic E-state index is 9.23. The largest absolute Gasteiger partial charge is 0.312 e. The summed E-state index contributed by atoms with van der Waals surface area (Å²) in [6.45, 7) is 9.53. The highest BCUT2D eigenvalue weighted by Gasteiger charge is 2.44. The number of rotatable bonds is 4. The van der Waals surface area contributed by atoms with Gasteiger partial charge in [0, 0.05) is 12.6 Å². The molecule has 0 aromatic heterocycles. The lowest BCUT2D eigenvalue weighted by Crippen LogP contribution is -2.53. The molecular formula is C13H25N3. The Morgan fingerprint density at radius 1 is 1.44 bits per heavy atom. The molecular weight excluding hydrogens is 198 g/mol. The van der Waals surface area contributed by atoms with E-state index >= 15 is 0 Å². The summed E-state index contributed by atoms with van der Waals surface area (Å²) in [5.41, 5.74) is 5.75. The molecule has 0 aromatic rings. The highest BCUT2D eigenvalue weighted by atomic mass is 15.2. The molecule has 0 amide bonds. The van der Waals surface area contributed by atoms with Gasteiger partial charge >= 0.3 is 0 Å². The zero-order valence-corrected chi connectivity index (χ0v) is 11.2. The van der Waals surface area contributed by atoms with Crippen molar-refractivity contribution < 1.29 is 0 Å². The minimum absolute atomic E-state index is 0.217. The van der Waals surface area contributed by atoms with Crippen molar-refractivity contribution in [1.82, 2.24) is 4.90 Å². The van der Waals surface area contributed by atoms with E-state index in [0.717, 1.165) is 12.8 Å². The van der Waals surface area contributed by atoms with Crippen LogP contribution in [0.2, 0.25) is 0 Å². The minimum Gasteiger partial charge on any atom is -0.312 e. The molecule has 0 aromatic carbocycles. The fraction of sp³-hybridized carbons (Fsp3) is 0.923. The van der Waals surface area contributed by atoms with E-state index in [1.54, 1.807) is 0 Å². The van der Waals surface area contributed by atoms with Crippen molar-refractivity contribution in [3.05, 3.63) is 0 Å². The summed E-state index contributed by atoms with van der Waals surface area (Å²) in [4.78, 5) is 2.22. The summed E-state index contributed by atoms with van der Waals surface area (Å²) < 4.78 is 0. The van der Waals surface area contributed by atoms with E-state index in [0.29, 0.717) is 18.5 Å². The average Bonchev–Trinajstić information content (AvgIpc) is 2.98. The molecule has 3 heteroatoms. The molecule has 1 aliphatic carbocycles. The molecule has 1 aliphatic rings. The molecule has 0 saturated heterocycles. The van der Waals surface area contributed by atoms with Gasteiger partial charge in [-0.2, -0.15) is 5.26 Å². The Balaban J connectivity index is 2.63. The van der Waals surface area contributed by atoms with Gasteiger partial charge in [-0.1, -0.05) is 20.8 Å². The molecule has 0 spiro atoms. The first-order valence-electron chi connectivity index (χ1n) is 6.11. The lowest BCUT2D eigenvalue weighted by atomic mass is 9.85. The predicted molar refractivity (Wildman–Crippen MR) is 66.8 cm³/mol. The molecule has 1 rings (SSSR count). The molecule has 2 N–H and O–H groups in total. The summed E-state index contributed by atoms with van der Waals surface area (Å²) in [5, 5.41) is 9.23. The molecule has 2 unspecified atom stereocenters. The van der Waals surface area contributed by atoms with Gasteiger partial charge in [0.05, 0.1) is 6.07 Å². The fourth-order valence-electron chi connectivity index (χ4n) is 2.06. The first-order chi connectivity index (χ1) is 7.20. The maximum atomic E-state index is 9.23. The number of likely N-dealkylation sites (N-methyl/N-ethyl adjacent to an activating group) is 1. The van der Waals surface area contributed by atoms with E-state index in [1.165, 1.54) is 0 Å². The van der Waals surface area contributed by atoms with Crippen LogP contribution in [0, 0.1) is 22.7 Å². The first kappa shape index (κ1) is 13.5. The Morgan fingerprint density at radius 2 is 1.94 bits per heavy atom. The monoisotopic (exact) mass is 223 g/mol. The molecule has 3 nitrogen and oxygen atoms in total. The van der Waals surface area contributed by atoms with Crippen LogP contribution in [-0.4, -0.2) is 30.1 Å². The average molecular weight is 223 g/mol. The summed E-state index contributed by atoms with van der Waals surface area (Å²) in [7, 11) is 2.07. The van der Waals surface area contributed by atoms with Crippen LogP contribution in [0.15, 0.2) is 0 Å². The second kappa shape index (κ2) is 4.35. The van der Waals surface area contributed by atoms with E-state index in [9.17, 15) is 5.26 Å². The lowest BCUT2D eigenvalue weighted by Gasteiger charge is -2.38. The van der Waals surface area contributed by atoms with E-state index in [2.05, 4.69) is 45.7 Å². The van der Waals surface area contributed by atoms with Crippen molar-refractivity contribution in [2.24, 2.45) is 17.1 Å². The zero-order valence-electron chi connectivity index (χ0n) is 11.2. The normalized spacial score (nSPS) is 22.6. The van der Waals surface area contributed by atoms with Crippen LogP contribution in [0.5, 0.6) is 0 Å². The van der Waals surface area contributed by atoms with Gasteiger partial charge in [-0.25, -0.2) is 0 Å². The van der Waals surface area contributed by atoms with Crippen LogP contribution in [0.1, 0.15) is 40.5 Å². The van der Waals surface area contributed by atoms with Gasteiger partial charge < -0.3 is 10.6 Å². The van der Waals surface area contributed by atoms with Crippen LogP contribution in [0.4, 0.5) is 0 Å². The summed E-state index contributed by atoms with van der Waals surface area (Å²) >= 11 is 0. The van der Waals surface area contributed by atoms with Gasteiger partial charge in [-0.3, -0.25) is 0 Å². The van der Waals surface area contributed by atoms with Gasteiger partial charge in [0.1, 0.15) is 5.54 Å². The quantitative estimate of drug-likeness (QED) is 0.793. The summed E-state index contributed by atoms with van der Waals surface area (Å²) in [5.74, 6) is 0.409. The molecule has 1 fully saturated rings. The Morgan fingerprint density at radius 3 is 2.25 bits per heavy atom. The van der Waals surface area contributed by atoms with Crippen LogP contribution >= 0.6 is 0 Å². The highest BCUT2D eigenvalue weighted by molar-refractivity contribution is 5.14. The standard InChI is InChI=1S/C13H25N3/c1-10(12(2,3)4)16(5)9-13(15,8-14)11-6-7-11/h10-11H,6-7,9,15H2,1-5H3. The highest BCUT2D eigenvalue weighted by Crippen LogP contribution is 2.39. The van der Waals surface area contributed by atoms with Gasteiger partial charge in [0.25, 0.3) is 0 Å². The van der Waals surface area contributed by atoms with Gasteiger partial charge in [-0.15, -0.1) is 0 Å². The number of hydrogen-bond acceptors (Lipinski definition) is 3. The fourth-order valence-corrected chi connectivity index (χ4v) is 2.06. The van der Waals surface area contributed by atoms with Crippen LogP contribution in [0.3, 0.4) is 0 Å². The third kappa shape index (κ3) is 2.96. The Bertz CT molecular complexity index is 283. The van der Waals surface area contributed by atoms with E-state index < -0.39 is 5.54 Å². The van der Waals surface area contributed by atoms with Gasteiger partial charge in [0.15, 0.2) is 0 Å².